The van der Waals surface area contributed by atoms with Crippen LogP contribution in [0.15, 0.2) is 72.8 Å². The molecule has 2 heterocycles. The van der Waals surface area contributed by atoms with E-state index >= 15 is 0 Å². The number of thiophene rings is 1. The zero-order chi connectivity index (χ0) is 29.0. The number of aldehydes is 1. The number of fused-ring (bicyclic) bond motifs is 1. The van der Waals surface area contributed by atoms with Crippen LogP contribution in [0.3, 0.4) is 0 Å². The first kappa shape index (κ1) is 28.1. The average Bonchev–Trinajstić information content (AvgIpc) is 3.43. The Morgan fingerprint density at radius 2 is 0.925 bits per heavy atom. The van der Waals surface area contributed by atoms with E-state index in [1.807, 2.05) is 0 Å². The van der Waals surface area contributed by atoms with E-state index in [1.165, 1.54) is 27.1 Å². The quantitative estimate of drug-likeness (QED) is 0.223. The molecule has 5 rings (SSSR count). The van der Waals surface area contributed by atoms with Gasteiger partial charge in [0.25, 0.3) is 0 Å². The van der Waals surface area contributed by atoms with E-state index in [-0.39, 0.29) is 16.2 Å². The van der Waals surface area contributed by atoms with Crippen LogP contribution >= 0.6 is 11.3 Å². The summed E-state index contributed by atoms with van der Waals surface area (Å²) in [6.45, 7) is 20.1. The number of H-pyrrole nitrogens is 1. The second kappa shape index (κ2) is 9.89. The number of hydrogen-bond acceptors (Lipinski definition) is 2. The van der Waals surface area contributed by atoms with Crippen molar-refractivity contribution in [3.05, 3.63) is 95.2 Å². The first-order valence-electron chi connectivity index (χ1n) is 14.1. The third kappa shape index (κ3) is 5.20. The second-order valence-electron chi connectivity index (χ2n) is 14.0. The summed E-state index contributed by atoms with van der Waals surface area (Å²) in [5.41, 5.74) is 11.4. The van der Waals surface area contributed by atoms with Crippen LogP contribution in [0.4, 0.5) is 0 Å². The van der Waals surface area contributed by atoms with Crippen molar-refractivity contribution in [3.8, 4) is 32.7 Å². The molecule has 40 heavy (non-hydrogen) atoms. The van der Waals surface area contributed by atoms with Gasteiger partial charge in [0.2, 0.25) is 0 Å². The molecule has 0 atom stereocenters. The van der Waals surface area contributed by atoms with Gasteiger partial charge in [-0.3, -0.25) is 4.79 Å². The van der Waals surface area contributed by atoms with E-state index in [9.17, 15) is 4.79 Å². The molecule has 0 bridgehead atoms. The van der Waals surface area contributed by atoms with Crippen molar-refractivity contribution in [2.75, 3.05) is 0 Å². The molecule has 0 saturated heterocycles. The Morgan fingerprint density at radius 1 is 0.550 bits per heavy atom. The molecular weight excluding hydrogens is 506 g/mol. The number of carbonyl (C=O) groups excluding carboxylic acids is 1. The molecule has 0 aliphatic rings. The van der Waals surface area contributed by atoms with Crippen molar-refractivity contribution in [1.82, 2.24) is 4.98 Å². The van der Waals surface area contributed by atoms with E-state index in [0.717, 1.165) is 38.8 Å². The van der Waals surface area contributed by atoms with Gasteiger partial charge in [0.15, 0.2) is 6.29 Å². The Labute approximate surface area is 243 Å². The lowest BCUT2D eigenvalue weighted by Crippen LogP contribution is -2.10. The average molecular weight is 548 g/mol. The Kier molecular flexibility index (Phi) is 6.95. The van der Waals surface area contributed by atoms with Crippen LogP contribution < -0.4 is 0 Å². The summed E-state index contributed by atoms with van der Waals surface area (Å²) in [5, 5.41) is 0. The predicted octanol–water partition coefficient (Wildman–Crippen LogP) is 10.9. The van der Waals surface area contributed by atoms with Crippen LogP contribution in [0.2, 0.25) is 0 Å². The summed E-state index contributed by atoms with van der Waals surface area (Å²) in [5.74, 6) is 0. The summed E-state index contributed by atoms with van der Waals surface area (Å²) in [7, 11) is 0. The molecule has 0 spiro atoms. The molecule has 0 saturated carbocycles. The highest BCUT2D eigenvalue weighted by Crippen LogP contribution is 2.49. The van der Waals surface area contributed by atoms with Crippen molar-refractivity contribution >= 4 is 27.8 Å². The molecule has 1 N–H and O–H groups in total. The SMILES string of the molecule is CC(C)(C)c1ccc(-c2sc3c(-c4ccc(C(C)(C)C)cc4)c(C=O)[nH]c3c2-c2ccc(C(C)(C)C)cc2)cc1. The lowest BCUT2D eigenvalue weighted by Gasteiger charge is -2.20. The van der Waals surface area contributed by atoms with Gasteiger partial charge in [0, 0.05) is 16.0 Å². The maximum atomic E-state index is 12.4. The Morgan fingerprint density at radius 3 is 1.30 bits per heavy atom. The molecule has 3 aromatic carbocycles. The monoisotopic (exact) mass is 547 g/mol. The smallest absolute Gasteiger partial charge is 0.166 e. The number of nitrogens with one attached hydrogen (secondary N) is 1. The molecule has 0 amide bonds. The van der Waals surface area contributed by atoms with Gasteiger partial charge in [0.05, 0.1) is 15.9 Å². The van der Waals surface area contributed by atoms with Crippen molar-refractivity contribution in [3.63, 3.8) is 0 Å². The van der Waals surface area contributed by atoms with E-state index in [0.29, 0.717) is 5.69 Å². The van der Waals surface area contributed by atoms with Gasteiger partial charge in [-0.25, -0.2) is 0 Å². The molecule has 5 aromatic rings. The van der Waals surface area contributed by atoms with Gasteiger partial charge in [0.1, 0.15) is 0 Å². The molecule has 0 radical (unpaired) electrons. The van der Waals surface area contributed by atoms with E-state index < -0.39 is 0 Å². The zero-order valence-electron chi connectivity index (χ0n) is 25.3. The summed E-state index contributed by atoms with van der Waals surface area (Å²) in [6.07, 6.45) is 0.962. The lowest BCUT2D eigenvalue weighted by molar-refractivity contribution is 0.112. The molecule has 0 aliphatic heterocycles. The Balaban J connectivity index is 1.75. The standard InChI is InChI=1S/C37H41NOS/c1-35(2,3)26-16-10-23(11-17-26)30-29(22-39)38-32-31(24-12-18-27(19-13-24)36(4,5)6)33(40-34(30)32)25-14-20-28(21-15-25)37(7,8)9/h10-22,38H,1-9H3. The number of aromatic nitrogens is 1. The molecule has 2 aromatic heterocycles. The summed E-state index contributed by atoms with van der Waals surface area (Å²) < 4.78 is 1.12. The van der Waals surface area contributed by atoms with Gasteiger partial charge in [-0.15, -0.1) is 11.3 Å². The lowest BCUT2D eigenvalue weighted by atomic mass is 9.85. The number of hydrogen-bond donors (Lipinski definition) is 1. The van der Waals surface area contributed by atoms with Gasteiger partial charge in [-0.1, -0.05) is 135 Å². The third-order valence-corrected chi connectivity index (χ3v) is 9.13. The van der Waals surface area contributed by atoms with Gasteiger partial charge < -0.3 is 4.98 Å². The number of benzene rings is 3. The summed E-state index contributed by atoms with van der Waals surface area (Å²) in [4.78, 5) is 17.1. The highest BCUT2D eigenvalue weighted by molar-refractivity contribution is 7.23. The molecule has 206 valence electrons. The van der Waals surface area contributed by atoms with Crippen molar-refractivity contribution in [2.24, 2.45) is 0 Å². The van der Waals surface area contributed by atoms with Crippen LogP contribution in [0.25, 0.3) is 42.9 Å². The van der Waals surface area contributed by atoms with Gasteiger partial charge >= 0.3 is 0 Å². The third-order valence-electron chi connectivity index (χ3n) is 7.87. The number of carbonyl (C=O) groups is 1. The highest BCUT2D eigenvalue weighted by Gasteiger charge is 2.25. The van der Waals surface area contributed by atoms with Crippen LogP contribution in [-0.4, -0.2) is 11.3 Å². The molecule has 3 heteroatoms. The van der Waals surface area contributed by atoms with Crippen molar-refractivity contribution < 1.29 is 4.79 Å². The minimum atomic E-state index is 0.0706. The Hall–Kier alpha value is -3.43. The van der Waals surface area contributed by atoms with Crippen LogP contribution in [0.1, 0.15) is 89.5 Å². The molecule has 0 fully saturated rings. The van der Waals surface area contributed by atoms with Crippen LogP contribution in [0.5, 0.6) is 0 Å². The normalized spacial score (nSPS) is 12.7. The second-order valence-corrected chi connectivity index (χ2v) is 15.0. The Bertz CT molecular complexity index is 1660. The molecule has 0 aliphatic carbocycles. The molecular formula is C37H41NOS. The van der Waals surface area contributed by atoms with Crippen LogP contribution in [-0.2, 0) is 16.2 Å². The van der Waals surface area contributed by atoms with E-state index in [1.54, 1.807) is 11.3 Å². The zero-order valence-corrected chi connectivity index (χ0v) is 26.1. The molecule has 0 unspecified atom stereocenters. The largest absolute Gasteiger partial charge is 0.351 e. The van der Waals surface area contributed by atoms with Crippen molar-refractivity contribution in [1.29, 1.82) is 0 Å². The maximum absolute atomic E-state index is 12.4. The fourth-order valence-electron chi connectivity index (χ4n) is 5.30. The fourth-order valence-corrected chi connectivity index (χ4v) is 6.66. The van der Waals surface area contributed by atoms with E-state index in [4.69, 9.17) is 0 Å². The topological polar surface area (TPSA) is 32.9 Å². The van der Waals surface area contributed by atoms with E-state index in [2.05, 4.69) is 140 Å². The fraction of sp³-hybridized carbons (Fsp3) is 0.324. The van der Waals surface area contributed by atoms with Crippen molar-refractivity contribution in [2.45, 2.75) is 78.6 Å². The first-order valence-corrected chi connectivity index (χ1v) is 15.0. The molecule has 2 nitrogen and oxygen atoms in total. The van der Waals surface area contributed by atoms with Gasteiger partial charge in [-0.2, -0.15) is 0 Å². The van der Waals surface area contributed by atoms with Gasteiger partial charge in [-0.05, 0) is 49.6 Å². The summed E-state index contributed by atoms with van der Waals surface area (Å²) >= 11 is 1.77. The minimum absolute atomic E-state index is 0.0706. The predicted molar refractivity (Wildman–Crippen MR) is 174 cm³/mol. The minimum Gasteiger partial charge on any atom is -0.351 e. The maximum Gasteiger partial charge on any atom is 0.166 e. The highest BCUT2D eigenvalue weighted by atomic mass is 32.1. The first-order chi connectivity index (χ1) is 18.7. The summed E-state index contributed by atoms with van der Waals surface area (Å²) in [6, 6.07) is 26.6. The number of rotatable bonds is 4. The number of aromatic amines is 1. The van der Waals surface area contributed by atoms with Crippen LogP contribution in [0, 0.1) is 0 Å².